The quantitative estimate of drug-likeness (QED) is 0.554. The molecule has 0 bridgehead atoms. The van der Waals surface area contributed by atoms with Crippen LogP contribution in [-0.2, 0) is 13.1 Å². The number of nitrogens with zero attached hydrogens (tertiary/aromatic N) is 1. The first-order valence-electron chi connectivity index (χ1n) is 8.07. The zero-order chi connectivity index (χ0) is 16.8. The number of ketones is 1. The number of aryl methyl sites for hydroxylation is 1. The van der Waals surface area contributed by atoms with Crippen molar-refractivity contribution in [2.45, 2.75) is 20.0 Å². The van der Waals surface area contributed by atoms with Crippen LogP contribution in [0.1, 0.15) is 21.5 Å². The van der Waals surface area contributed by atoms with E-state index in [4.69, 9.17) is 0 Å². The average molecular weight is 317 g/mol. The van der Waals surface area contributed by atoms with Crippen molar-refractivity contribution in [3.8, 4) is 0 Å². The van der Waals surface area contributed by atoms with Gasteiger partial charge in [0.2, 0.25) is 12.3 Å². The maximum Gasteiger partial charge on any atom is 0.227 e. The minimum absolute atomic E-state index is 0.116. The second-order valence-electron chi connectivity index (χ2n) is 5.89. The maximum absolute atomic E-state index is 12.3. The first-order chi connectivity index (χ1) is 11.7. The number of carbonyl (C=O) groups is 1. The van der Waals surface area contributed by atoms with Gasteiger partial charge in [-0.05, 0) is 12.5 Å². The molecule has 0 fully saturated rings. The van der Waals surface area contributed by atoms with Crippen LogP contribution in [-0.4, -0.2) is 5.78 Å². The summed E-state index contributed by atoms with van der Waals surface area (Å²) in [5, 5.41) is 3.38. The molecule has 1 N–H and O–H groups in total. The van der Waals surface area contributed by atoms with Crippen LogP contribution in [0.2, 0.25) is 0 Å². The Morgan fingerprint density at radius 1 is 0.917 bits per heavy atom. The minimum Gasteiger partial charge on any atom is -0.381 e. The van der Waals surface area contributed by atoms with Gasteiger partial charge in [-0.25, -0.2) is 0 Å². The number of aromatic nitrogens is 1. The van der Waals surface area contributed by atoms with E-state index < -0.39 is 0 Å². The molecule has 2 aromatic carbocycles. The van der Waals surface area contributed by atoms with Crippen molar-refractivity contribution in [2.75, 3.05) is 5.32 Å². The molecule has 0 saturated carbocycles. The molecule has 1 aromatic heterocycles. The van der Waals surface area contributed by atoms with Crippen LogP contribution in [0.4, 0.5) is 5.69 Å². The lowest BCUT2D eigenvalue weighted by atomic mass is 10.1. The standard InChI is InChI=1S/C21H20N2O/c1-17-7-9-19(10-8-17)21(24)16-23-13-11-20(12-14-23)22-15-18-5-3-2-4-6-18/h2-14H,15-16H2,1H3/p+1. The normalized spacial score (nSPS) is 10.4. The molecule has 0 saturated heterocycles. The van der Waals surface area contributed by atoms with Crippen molar-refractivity contribution < 1.29 is 9.36 Å². The van der Waals surface area contributed by atoms with E-state index in [0.29, 0.717) is 6.54 Å². The Morgan fingerprint density at radius 2 is 1.58 bits per heavy atom. The molecule has 3 heteroatoms. The monoisotopic (exact) mass is 317 g/mol. The van der Waals surface area contributed by atoms with E-state index in [1.807, 2.05) is 78.5 Å². The third-order valence-corrected chi connectivity index (χ3v) is 3.93. The van der Waals surface area contributed by atoms with Crippen molar-refractivity contribution in [3.63, 3.8) is 0 Å². The first kappa shape index (κ1) is 15.9. The van der Waals surface area contributed by atoms with Gasteiger partial charge < -0.3 is 5.32 Å². The molecule has 3 rings (SSSR count). The second-order valence-corrected chi connectivity index (χ2v) is 5.89. The smallest absolute Gasteiger partial charge is 0.227 e. The largest absolute Gasteiger partial charge is 0.381 e. The highest BCUT2D eigenvalue weighted by Crippen LogP contribution is 2.07. The highest BCUT2D eigenvalue weighted by atomic mass is 16.1. The summed E-state index contributed by atoms with van der Waals surface area (Å²) >= 11 is 0. The summed E-state index contributed by atoms with van der Waals surface area (Å²) in [7, 11) is 0. The number of hydrogen-bond donors (Lipinski definition) is 1. The van der Waals surface area contributed by atoms with Gasteiger partial charge >= 0.3 is 0 Å². The lowest BCUT2D eigenvalue weighted by molar-refractivity contribution is -0.683. The molecule has 0 aliphatic carbocycles. The summed E-state index contributed by atoms with van der Waals surface area (Å²) in [6, 6.07) is 22.0. The van der Waals surface area contributed by atoms with E-state index in [1.54, 1.807) is 0 Å². The molecule has 0 radical (unpaired) electrons. The van der Waals surface area contributed by atoms with Gasteiger partial charge in [0.05, 0.1) is 0 Å². The fourth-order valence-electron chi connectivity index (χ4n) is 2.48. The Labute approximate surface area is 142 Å². The van der Waals surface area contributed by atoms with E-state index in [9.17, 15) is 4.79 Å². The van der Waals surface area contributed by atoms with Gasteiger partial charge in [0.15, 0.2) is 12.4 Å². The molecular formula is C21H21N2O+. The van der Waals surface area contributed by atoms with Crippen LogP contribution < -0.4 is 9.88 Å². The molecule has 0 aliphatic rings. The SMILES string of the molecule is Cc1ccc(C(=O)C[n+]2ccc(NCc3ccccc3)cc2)cc1. The van der Waals surface area contributed by atoms with E-state index in [2.05, 4.69) is 17.4 Å². The number of anilines is 1. The molecule has 0 unspecified atom stereocenters. The Kier molecular flexibility index (Phi) is 5.02. The molecule has 0 aliphatic heterocycles. The van der Waals surface area contributed by atoms with E-state index in [-0.39, 0.29) is 5.78 Å². The average Bonchev–Trinajstić information content (AvgIpc) is 2.62. The first-order valence-corrected chi connectivity index (χ1v) is 8.07. The van der Waals surface area contributed by atoms with Crippen molar-refractivity contribution >= 4 is 11.5 Å². The van der Waals surface area contributed by atoms with E-state index in [0.717, 1.165) is 23.4 Å². The van der Waals surface area contributed by atoms with Gasteiger partial charge in [-0.3, -0.25) is 4.79 Å². The summed E-state index contributed by atoms with van der Waals surface area (Å²) in [4.78, 5) is 12.3. The van der Waals surface area contributed by atoms with Gasteiger partial charge in [0.25, 0.3) is 0 Å². The van der Waals surface area contributed by atoms with Crippen molar-refractivity contribution in [3.05, 3.63) is 95.8 Å². The number of hydrogen-bond acceptors (Lipinski definition) is 2. The summed E-state index contributed by atoms with van der Waals surface area (Å²) in [5.74, 6) is 0.116. The second kappa shape index (κ2) is 7.55. The maximum atomic E-state index is 12.3. The molecule has 3 aromatic rings. The lowest BCUT2D eigenvalue weighted by Crippen LogP contribution is -2.37. The van der Waals surface area contributed by atoms with Crippen LogP contribution in [0.15, 0.2) is 79.1 Å². The van der Waals surface area contributed by atoms with E-state index >= 15 is 0 Å². The zero-order valence-corrected chi connectivity index (χ0v) is 13.8. The molecule has 24 heavy (non-hydrogen) atoms. The molecule has 120 valence electrons. The molecule has 1 heterocycles. The van der Waals surface area contributed by atoms with Crippen LogP contribution in [0.3, 0.4) is 0 Å². The highest BCUT2D eigenvalue weighted by molar-refractivity contribution is 5.95. The molecule has 0 atom stereocenters. The summed E-state index contributed by atoms with van der Waals surface area (Å²) in [6.07, 6.45) is 3.86. The Balaban J connectivity index is 1.58. The lowest BCUT2D eigenvalue weighted by Gasteiger charge is -2.05. The Morgan fingerprint density at radius 3 is 2.25 bits per heavy atom. The number of nitrogens with one attached hydrogen (secondary N) is 1. The van der Waals surface area contributed by atoms with Gasteiger partial charge in [-0.2, -0.15) is 4.57 Å². The Hall–Kier alpha value is -2.94. The van der Waals surface area contributed by atoms with Gasteiger partial charge in [-0.1, -0.05) is 60.2 Å². The number of benzene rings is 2. The third kappa shape index (κ3) is 4.29. The Bertz CT molecular complexity index is 794. The molecule has 0 amide bonds. The van der Waals surface area contributed by atoms with Crippen LogP contribution in [0, 0.1) is 6.92 Å². The van der Waals surface area contributed by atoms with Crippen LogP contribution in [0.25, 0.3) is 0 Å². The molecule has 3 nitrogen and oxygen atoms in total. The van der Waals surface area contributed by atoms with Crippen LogP contribution in [0.5, 0.6) is 0 Å². The molecular weight excluding hydrogens is 296 g/mol. The predicted molar refractivity (Wildman–Crippen MR) is 95.9 cm³/mol. The van der Waals surface area contributed by atoms with Crippen molar-refractivity contribution in [2.24, 2.45) is 0 Å². The van der Waals surface area contributed by atoms with Crippen LogP contribution >= 0.6 is 0 Å². The number of Topliss-reactive ketones (excluding diaryl/α,β-unsaturated/α-hetero) is 1. The molecule has 0 spiro atoms. The number of carbonyl (C=O) groups excluding carboxylic acids is 1. The minimum atomic E-state index is 0.116. The predicted octanol–water partition coefficient (Wildman–Crippen LogP) is 3.78. The summed E-state index contributed by atoms with van der Waals surface area (Å²) in [5.41, 5.74) is 4.19. The number of pyridine rings is 1. The highest BCUT2D eigenvalue weighted by Gasteiger charge is 2.11. The topological polar surface area (TPSA) is 33.0 Å². The van der Waals surface area contributed by atoms with E-state index in [1.165, 1.54) is 5.56 Å². The fraction of sp³-hybridized carbons (Fsp3) is 0.143. The van der Waals surface area contributed by atoms with Gasteiger partial charge in [-0.15, -0.1) is 0 Å². The summed E-state index contributed by atoms with van der Waals surface area (Å²) in [6.45, 7) is 3.15. The third-order valence-electron chi connectivity index (χ3n) is 3.93. The van der Waals surface area contributed by atoms with Gasteiger partial charge in [0, 0.05) is 29.9 Å². The van der Waals surface area contributed by atoms with Gasteiger partial charge in [0.1, 0.15) is 0 Å². The summed E-state index contributed by atoms with van der Waals surface area (Å²) < 4.78 is 1.90. The zero-order valence-electron chi connectivity index (χ0n) is 13.8. The van der Waals surface area contributed by atoms with Crippen molar-refractivity contribution in [1.29, 1.82) is 0 Å². The fourth-order valence-corrected chi connectivity index (χ4v) is 2.48. The van der Waals surface area contributed by atoms with Crippen molar-refractivity contribution in [1.82, 2.24) is 0 Å². The number of rotatable bonds is 6.